The Morgan fingerprint density at radius 3 is 2.33 bits per heavy atom. The quantitative estimate of drug-likeness (QED) is 0.705. The monoisotopic (exact) mass is 240 g/mol. The van der Waals surface area contributed by atoms with Crippen LogP contribution in [-0.2, 0) is 0 Å². The van der Waals surface area contributed by atoms with Crippen LogP contribution < -0.4 is 0 Å². The highest BCUT2D eigenvalue weighted by Gasteiger charge is 2.25. The highest BCUT2D eigenvalue weighted by Crippen LogP contribution is 2.36. The van der Waals surface area contributed by atoms with E-state index < -0.39 is 0 Å². The van der Waals surface area contributed by atoms with E-state index in [1.807, 2.05) is 36.4 Å². The molecule has 0 aromatic heterocycles. The number of hydrogen-bond acceptors (Lipinski definition) is 1. The van der Waals surface area contributed by atoms with Crippen molar-refractivity contribution >= 4 is 5.78 Å². The van der Waals surface area contributed by atoms with Gasteiger partial charge in [0.15, 0.2) is 5.78 Å². The van der Waals surface area contributed by atoms with Gasteiger partial charge < -0.3 is 0 Å². The summed E-state index contributed by atoms with van der Waals surface area (Å²) < 4.78 is 0. The molecule has 0 heterocycles. The Labute approximate surface area is 109 Å². The summed E-state index contributed by atoms with van der Waals surface area (Å²) in [4.78, 5) is 12.3. The van der Waals surface area contributed by atoms with Gasteiger partial charge in [-0.3, -0.25) is 4.79 Å². The van der Waals surface area contributed by atoms with Gasteiger partial charge in [0.25, 0.3) is 0 Å². The predicted molar refractivity (Wildman–Crippen MR) is 75.6 cm³/mol. The van der Waals surface area contributed by atoms with Gasteiger partial charge in [0.2, 0.25) is 0 Å². The molecule has 1 nitrogen and oxygen atoms in total. The molecule has 1 aliphatic rings. The van der Waals surface area contributed by atoms with Crippen molar-refractivity contribution in [3.8, 4) is 0 Å². The molecule has 0 saturated carbocycles. The van der Waals surface area contributed by atoms with Crippen LogP contribution in [0.5, 0.6) is 0 Å². The number of Topliss-reactive ketones (excluding diaryl/α,β-unsaturated/α-hetero) is 1. The highest BCUT2D eigenvalue weighted by atomic mass is 16.1. The zero-order chi connectivity index (χ0) is 13.0. The van der Waals surface area contributed by atoms with Crippen molar-refractivity contribution < 1.29 is 4.79 Å². The molecule has 0 atom stereocenters. The summed E-state index contributed by atoms with van der Waals surface area (Å²) in [7, 11) is 0. The lowest BCUT2D eigenvalue weighted by atomic mass is 9.75. The van der Waals surface area contributed by atoms with Gasteiger partial charge >= 0.3 is 0 Å². The Hall–Kier alpha value is -1.63. The molecule has 1 aromatic carbocycles. The Bertz CT molecular complexity index is 476. The molecule has 94 valence electrons. The second kappa shape index (κ2) is 5.34. The van der Waals surface area contributed by atoms with Gasteiger partial charge in [-0.05, 0) is 24.7 Å². The van der Waals surface area contributed by atoms with Crippen molar-refractivity contribution in [3.05, 3.63) is 59.7 Å². The van der Waals surface area contributed by atoms with Gasteiger partial charge in [0.1, 0.15) is 0 Å². The molecule has 0 spiro atoms. The topological polar surface area (TPSA) is 17.1 Å². The van der Waals surface area contributed by atoms with Crippen molar-refractivity contribution in [1.29, 1.82) is 0 Å². The molecule has 1 aliphatic carbocycles. The van der Waals surface area contributed by atoms with E-state index in [0.717, 1.165) is 30.4 Å². The van der Waals surface area contributed by atoms with Gasteiger partial charge in [-0.15, -0.1) is 0 Å². The lowest BCUT2D eigenvalue weighted by molar-refractivity contribution is 0.103. The van der Waals surface area contributed by atoms with E-state index in [0.29, 0.717) is 0 Å². The SMILES string of the molecule is CCC1(CC)C=CC(C(=O)c2ccccc2)=CC1. The molecular weight excluding hydrogens is 220 g/mol. The molecule has 0 unspecified atom stereocenters. The number of rotatable bonds is 4. The highest BCUT2D eigenvalue weighted by molar-refractivity contribution is 6.10. The molecule has 2 rings (SSSR count). The summed E-state index contributed by atoms with van der Waals surface area (Å²) in [5.41, 5.74) is 1.87. The first-order valence-corrected chi connectivity index (χ1v) is 6.70. The minimum Gasteiger partial charge on any atom is -0.289 e. The first-order chi connectivity index (χ1) is 8.71. The minimum absolute atomic E-state index is 0.132. The van der Waals surface area contributed by atoms with E-state index in [2.05, 4.69) is 26.0 Å². The third kappa shape index (κ3) is 2.45. The molecule has 0 saturated heterocycles. The summed E-state index contributed by atoms with van der Waals surface area (Å²) in [6.45, 7) is 4.43. The number of benzene rings is 1. The molecule has 0 fully saturated rings. The second-order valence-electron chi connectivity index (χ2n) is 4.96. The Balaban J connectivity index is 2.17. The van der Waals surface area contributed by atoms with Gasteiger partial charge in [-0.1, -0.05) is 62.4 Å². The number of carbonyl (C=O) groups is 1. The maximum absolute atomic E-state index is 12.3. The molecule has 0 amide bonds. The van der Waals surface area contributed by atoms with Crippen molar-refractivity contribution in [2.45, 2.75) is 33.1 Å². The summed E-state index contributed by atoms with van der Waals surface area (Å²) in [6.07, 6.45) is 9.56. The Morgan fingerprint density at radius 2 is 1.83 bits per heavy atom. The van der Waals surface area contributed by atoms with Crippen molar-refractivity contribution in [2.24, 2.45) is 5.41 Å². The molecule has 0 radical (unpaired) electrons. The average Bonchev–Trinajstić information content (AvgIpc) is 2.47. The van der Waals surface area contributed by atoms with E-state index in [4.69, 9.17) is 0 Å². The largest absolute Gasteiger partial charge is 0.289 e. The van der Waals surface area contributed by atoms with Gasteiger partial charge in [0.05, 0.1) is 0 Å². The minimum atomic E-state index is 0.132. The van der Waals surface area contributed by atoms with Crippen molar-refractivity contribution in [1.82, 2.24) is 0 Å². The van der Waals surface area contributed by atoms with E-state index in [-0.39, 0.29) is 11.2 Å². The van der Waals surface area contributed by atoms with E-state index in [9.17, 15) is 4.79 Å². The zero-order valence-electron chi connectivity index (χ0n) is 11.1. The molecule has 0 N–H and O–H groups in total. The number of hydrogen-bond donors (Lipinski definition) is 0. The van der Waals surface area contributed by atoms with E-state index in [1.54, 1.807) is 0 Å². The number of carbonyl (C=O) groups excluding carboxylic acids is 1. The summed E-state index contributed by atoms with van der Waals surface area (Å²) >= 11 is 0. The number of ketones is 1. The fourth-order valence-electron chi connectivity index (χ4n) is 2.41. The lowest BCUT2D eigenvalue weighted by Gasteiger charge is -2.29. The summed E-state index contributed by atoms with van der Waals surface area (Å²) in [5.74, 6) is 0.132. The standard InChI is InChI=1S/C17H20O/c1-3-17(4-2)12-10-15(11-13-17)16(18)14-8-6-5-7-9-14/h5-12H,3-4,13H2,1-2H3. The van der Waals surface area contributed by atoms with Crippen LogP contribution in [0.4, 0.5) is 0 Å². The van der Waals surface area contributed by atoms with E-state index in [1.165, 1.54) is 0 Å². The third-order valence-corrected chi connectivity index (χ3v) is 4.05. The predicted octanol–water partition coefficient (Wildman–Crippen LogP) is 4.56. The normalized spacial score (nSPS) is 17.3. The van der Waals surface area contributed by atoms with Gasteiger partial charge in [-0.25, -0.2) is 0 Å². The second-order valence-corrected chi connectivity index (χ2v) is 4.96. The van der Waals surface area contributed by atoms with Gasteiger partial charge in [0, 0.05) is 11.1 Å². The maximum atomic E-state index is 12.3. The van der Waals surface area contributed by atoms with Crippen LogP contribution in [0.3, 0.4) is 0 Å². The van der Waals surface area contributed by atoms with Crippen LogP contribution in [0.2, 0.25) is 0 Å². The van der Waals surface area contributed by atoms with Crippen molar-refractivity contribution in [2.75, 3.05) is 0 Å². The Morgan fingerprint density at radius 1 is 1.17 bits per heavy atom. The fourth-order valence-corrected chi connectivity index (χ4v) is 2.41. The smallest absolute Gasteiger partial charge is 0.192 e. The average molecular weight is 240 g/mol. The molecule has 0 aliphatic heterocycles. The zero-order valence-corrected chi connectivity index (χ0v) is 11.1. The fraction of sp³-hybridized carbons (Fsp3) is 0.353. The molecule has 0 bridgehead atoms. The summed E-state index contributed by atoms with van der Waals surface area (Å²) in [5, 5.41) is 0. The van der Waals surface area contributed by atoms with Crippen LogP contribution in [0.1, 0.15) is 43.5 Å². The van der Waals surface area contributed by atoms with Crippen LogP contribution in [-0.4, -0.2) is 5.78 Å². The van der Waals surface area contributed by atoms with Crippen LogP contribution in [0.15, 0.2) is 54.1 Å². The van der Waals surface area contributed by atoms with Gasteiger partial charge in [-0.2, -0.15) is 0 Å². The molecular formula is C17H20O. The van der Waals surface area contributed by atoms with Crippen LogP contribution >= 0.6 is 0 Å². The number of allylic oxidation sites excluding steroid dienone is 4. The summed E-state index contributed by atoms with van der Waals surface area (Å²) in [6, 6.07) is 9.49. The first kappa shape index (κ1) is 12.8. The third-order valence-electron chi connectivity index (χ3n) is 4.05. The van der Waals surface area contributed by atoms with Crippen LogP contribution in [0.25, 0.3) is 0 Å². The first-order valence-electron chi connectivity index (χ1n) is 6.70. The Kier molecular flexibility index (Phi) is 3.81. The van der Waals surface area contributed by atoms with Crippen molar-refractivity contribution in [3.63, 3.8) is 0 Å². The maximum Gasteiger partial charge on any atom is 0.192 e. The van der Waals surface area contributed by atoms with Crippen LogP contribution in [0, 0.1) is 5.41 Å². The molecule has 1 aromatic rings. The molecule has 18 heavy (non-hydrogen) atoms. The van der Waals surface area contributed by atoms with E-state index >= 15 is 0 Å². The lowest BCUT2D eigenvalue weighted by Crippen LogP contribution is -2.18. The molecule has 1 heteroatoms.